The van der Waals surface area contributed by atoms with Crippen molar-refractivity contribution >= 4 is 5.97 Å². The standard InChI is InChI=1S/C14H17NO3/c1-3-10-5-6-11(8-15)12(13(10)9-16)7-14(17)18-4-2/h5-6,16H,3-4,7,9H2,1-2H3. The van der Waals surface area contributed by atoms with Crippen LogP contribution < -0.4 is 0 Å². The van der Waals surface area contributed by atoms with Crippen molar-refractivity contribution in [2.75, 3.05) is 6.61 Å². The van der Waals surface area contributed by atoms with E-state index in [-0.39, 0.29) is 19.0 Å². The van der Waals surface area contributed by atoms with Crippen molar-refractivity contribution in [2.45, 2.75) is 33.3 Å². The van der Waals surface area contributed by atoms with Crippen molar-refractivity contribution in [1.29, 1.82) is 5.26 Å². The lowest BCUT2D eigenvalue weighted by molar-refractivity contribution is -0.142. The molecule has 1 N–H and O–H groups in total. The zero-order chi connectivity index (χ0) is 13.5. The first-order valence-electron chi connectivity index (χ1n) is 5.98. The van der Waals surface area contributed by atoms with Crippen molar-refractivity contribution < 1.29 is 14.6 Å². The van der Waals surface area contributed by atoms with Crippen LogP contribution in [0.1, 0.15) is 36.1 Å². The molecule has 0 atom stereocenters. The van der Waals surface area contributed by atoms with E-state index >= 15 is 0 Å². The third-order valence-electron chi connectivity index (χ3n) is 2.81. The summed E-state index contributed by atoms with van der Waals surface area (Å²) >= 11 is 0. The quantitative estimate of drug-likeness (QED) is 0.804. The molecule has 1 aromatic carbocycles. The van der Waals surface area contributed by atoms with E-state index in [2.05, 4.69) is 6.07 Å². The second-order valence-corrected chi connectivity index (χ2v) is 3.83. The molecule has 0 aliphatic rings. The van der Waals surface area contributed by atoms with Gasteiger partial charge in [-0.2, -0.15) is 5.26 Å². The van der Waals surface area contributed by atoms with E-state index in [9.17, 15) is 9.90 Å². The van der Waals surface area contributed by atoms with Gasteiger partial charge >= 0.3 is 5.97 Å². The average Bonchev–Trinajstić information content (AvgIpc) is 2.38. The first kappa shape index (κ1) is 14.2. The van der Waals surface area contributed by atoms with Crippen LogP contribution in [-0.2, 0) is 29.0 Å². The highest BCUT2D eigenvalue weighted by molar-refractivity contribution is 5.74. The Morgan fingerprint density at radius 1 is 1.39 bits per heavy atom. The van der Waals surface area contributed by atoms with Crippen molar-refractivity contribution in [3.63, 3.8) is 0 Å². The molecule has 0 heterocycles. The smallest absolute Gasteiger partial charge is 0.310 e. The van der Waals surface area contributed by atoms with Gasteiger partial charge in [0.2, 0.25) is 0 Å². The van der Waals surface area contributed by atoms with Crippen LogP contribution in [0.15, 0.2) is 12.1 Å². The fraction of sp³-hybridized carbons (Fsp3) is 0.429. The van der Waals surface area contributed by atoms with E-state index < -0.39 is 0 Å². The summed E-state index contributed by atoms with van der Waals surface area (Å²) in [6.07, 6.45) is 0.776. The molecule has 0 radical (unpaired) electrons. The van der Waals surface area contributed by atoms with E-state index in [1.165, 1.54) is 0 Å². The number of aryl methyl sites for hydroxylation is 1. The van der Waals surface area contributed by atoms with Gasteiger partial charge in [0.1, 0.15) is 0 Å². The maximum atomic E-state index is 11.5. The number of benzene rings is 1. The molecule has 1 rings (SSSR count). The summed E-state index contributed by atoms with van der Waals surface area (Å²) in [5.74, 6) is -0.378. The van der Waals surface area contributed by atoms with Crippen LogP contribution in [0, 0.1) is 11.3 Å². The fourth-order valence-electron chi connectivity index (χ4n) is 1.93. The molecule has 0 bridgehead atoms. The van der Waals surface area contributed by atoms with Crippen LogP contribution in [0.3, 0.4) is 0 Å². The van der Waals surface area contributed by atoms with Gasteiger partial charge < -0.3 is 9.84 Å². The molecule has 18 heavy (non-hydrogen) atoms. The van der Waals surface area contributed by atoms with Crippen LogP contribution >= 0.6 is 0 Å². The van der Waals surface area contributed by atoms with Gasteiger partial charge in [-0.3, -0.25) is 4.79 Å². The molecule has 0 unspecified atom stereocenters. The summed E-state index contributed by atoms with van der Waals surface area (Å²) in [5.41, 5.74) is 2.63. The molecule has 0 spiro atoms. The van der Waals surface area contributed by atoms with E-state index in [1.807, 2.05) is 13.0 Å². The largest absolute Gasteiger partial charge is 0.466 e. The summed E-state index contributed by atoms with van der Waals surface area (Å²) in [5, 5.41) is 18.5. The Bertz CT molecular complexity index is 475. The molecular weight excluding hydrogens is 230 g/mol. The normalized spacial score (nSPS) is 9.89. The molecule has 4 heteroatoms. The number of carbonyl (C=O) groups is 1. The lowest BCUT2D eigenvalue weighted by Gasteiger charge is -2.13. The zero-order valence-corrected chi connectivity index (χ0v) is 10.7. The number of hydrogen-bond acceptors (Lipinski definition) is 4. The molecule has 0 saturated carbocycles. The molecule has 0 aliphatic carbocycles. The van der Waals surface area contributed by atoms with Crippen molar-refractivity contribution in [1.82, 2.24) is 0 Å². The van der Waals surface area contributed by atoms with E-state index in [1.54, 1.807) is 13.0 Å². The highest BCUT2D eigenvalue weighted by atomic mass is 16.5. The van der Waals surface area contributed by atoms with E-state index in [0.717, 1.165) is 12.0 Å². The van der Waals surface area contributed by atoms with E-state index in [0.29, 0.717) is 23.3 Å². The summed E-state index contributed by atoms with van der Waals surface area (Å²) in [7, 11) is 0. The van der Waals surface area contributed by atoms with E-state index in [4.69, 9.17) is 10.00 Å². The van der Waals surface area contributed by atoms with Gasteiger partial charge in [0.25, 0.3) is 0 Å². The number of hydrogen-bond donors (Lipinski definition) is 1. The predicted molar refractivity (Wildman–Crippen MR) is 66.8 cm³/mol. The zero-order valence-electron chi connectivity index (χ0n) is 10.7. The predicted octanol–water partition coefficient (Wildman–Crippen LogP) is 1.72. The lowest BCUT2D eigenvalue weighted by Crippen LogP contribution is -2.12. The third kappa shape index (κ3) is 3.08. The molecule has 0 amide bonds. The van der Waals surface area contributed by atoms with Crippen molar-refractivity contribution in [3.8, 4) is 6.07 Å². The van der Waals surface area contributed by atoms with Gasteiger partial charge in [0.15, 0.2) is 0 Å². The molecule has 0 fully saturated rings. The highest BCUT2D eigenvalue weighted by Gasteiger charge is 2.15. The molecule has 0 saturated heterocycles. The Kier molecular flexibility index (Phi) is 5.34. The van der Waals surface area contributed by atoms with Gasteiger partial charge in [0, 0.05) is 0 Å². The minimum atomic E-state index is -0.378. The average molecular weight is 247 g/mol. The Hall–Kier alpha value is -1.86. The van der Waals surface area contributed by atoms with Crippen LogP contribution in [0.4, 0.5) is 0 Å². The number of rotatable bonds is 5. The van der Waals surface area contributed by atoms with Gasteiger partial charge in [-0.1, -0.05) is 13.0 Å². The van der Waals surface area contributed by atoms with Gasteiger partial charge in [-0.25, -0.2) is 0 Å². The topological polar surface area (TPSA) is 70.3 Å². The summed E-state index contributed by atoms with van der Waals surface area (Å²) in [6, 6.07) is 5.56. The second-order valence-electron chi connectivity index (χ2n) is 3.83. The second kappa shape index (κ2) is 6.77. The number of aliphatic hydroxyl groups is 1. The SMILES string of the molecule is CCOC(=O)Cc1c(C#N)ccc(CC)c1CO. The molecule has 0 aliphatic heterocycles. The monoisotopic (exact) mass is 247 g/mol. The maximum absolute atomic E-state index is 11.5. The molecule has 4 nitrogen and oxygen atoms in total. The minimum Gasteiger partial charge on any atom is -0.466 e. The number of ether oxygens (including phenoxy) is 1. The Labute approximate surface area is 107 Å². The van der Waals surface area contributed by atoms with Crippen molar-refractivity contribution in [2.24, 2.45) is 0 Å². The number of nitriles is 1. The molecular formula is C14H17NO3. The Morgan fingerprint density at radius 2 is 2.11 bits per heavy atom. The number of nitrogens with zero attached hydrogens (tertiary/aromatic N) is 1. The molecule has 0 aromatic heterocycles. The highest BCUT2D eigenvalue weighted by Crippen LogP contribution is 2.21. The van der Waals surface area contributed by atoms with Crippen molar-refractivity contribution in [3.05, 3.63) is 34.4 Å². The van der Waals surface area contributed by atoms with Crippen LogP contribution in [0.25, 0.3) is 0 Å². The molecule has 1 aromatic rings. The van der Waals surface area contributed by atoms with Crippen LogP contribution in [-0.4, -0.2) is 17.7 Å². The van der Waals surface area contributed by atoms with Gasteiger partial charge in [-0.05, 0) is 36.1 Å². The Balaban J connectivity index is 3.20. The first-order chi connectivity index (χ1) is 8.67. The number of carbonyl (C=O) groups excluding carboxylic acids is 1. The Morgan fingerprint density at radius 3 is 2.61 bits per heavy atom. The number of esters is 1. The summed E-state index contributed by atoms with van der Waals surface area (Å²) in [4.78, 5) is 11.5. The van der Waals surface area contributed by atoms with Gasteiger partial charge in [0.05, 0.1) is 31.3 Å². The lowest BCUT2D eigenvalue weighted by atomic mass is 9.93. The maximum Gasteiger partial charge on any atom is 0.310 e. The minimum absolute atomic E-state index is 0.0282. The first-order valence-corrected chi connectivity index (χ1v) is 5.98. The summed E-state index contributed by atoms with van der Waals surface area (Å²) < 4.78 is 4.89. The fourth-order valence-corrected chi connectivity index (χ4v) is 1.93. The summed E-state index contributed by atoms with van der Waals surface area (Å²) in [6.45, 7) is 3.84. The number of aliphatic hydroxyl groups excluding tert-OH is 1. The van der Waals surface area contributed by atoms with Crippen LogP contribution in [0.5, 0.6) is 0 Å². The third-order valence-corrected chi connectivity index (χ3v) is 2.81. The van der Waals surface area contributed by atoms with Crippen LogP contribution in [0.2, 0.25) is 0 Å². The molecule has 96 valence electrons. The van der Waals surface area contributed by atoms with Gasteiger partial charge in [-0.15, -0.1) is 0 Å².